The van der Waals surface area contributed by atoms with Gasteiger partial charge in [0.2, 0.25) is 5.82 Å². The zero-order valence-electron chi connectivity index (χ0n) is 15.6. The number of ether oxygens (including phenoxy) is 1. The summed E-state index contributed by atoms with van der Waals surface area (Å²) in [5, 5.41) is 3.75. The predicted molar refractivity (Wildman–Crippen MR) is 105 cm³/mol. The third-order valence-electron chi connectivity index (χ3n) is 4.73. The Morgan fingerprint density at radius 2 is 2.03 bits per heavy atom. The number of rotatable bonds is 4. The van der Waals surface area contributed by atoms with Crippen molar-refractivity contribution in [2.75, 3.05) is 11.9 Å². The highest BCUT2D eigenvalue weighted by atomic mass is 32.1. The summed E-state index contributed by atoms with van der Waals surface area (Å²) < 4.78 is 44.2. The van der Waals surface area contributed by atoms with E-state index in [2.05, 4.69) is 15.3 Å². The molecule has 152 valence electrons. The Morgan fingerprint density at radius 3 is 2.79 bits per heavy atom. The lowest BCUT2D eigenvalue weighted by Crippen LogP contribution is -2.11. The zero-order valence-corrected chi connectivity index (χ0v) is 16.4. The molecule has 0 aliphatic heterocycles. The predicted octanol–water partition coefficient (Wildman–Crippen LogP) is 5.51. The molecule has 3 aromatic rings. The molecule has 0 atom stereocenters. The smallest absolute Gasteiger partial charge is 0.416 e. The van der Waals surface area contributed by atoms with E-state index in [1.807, 2.05) is 0 Å². The molecule has 1 N–H and O–H groups in total. The lowest BCUT2D eigenvalue weighted by Gasteiger charge is -2.14. The van der Waals surface area contributed by atoms with Crippen LogP contribution in [0.3, 0.4) is 0 Å². The van der Waals surface area contributed by atoms with Crippen LogP contribution in [0, 0.1) is 0 Å². The normalized spacial score (nSPS) is 13.9. The highest BCUT2D eigenvalue weighted by Crippen LogP contribution is 2.40. The molecule has 5 nitrogen and oxygen atoms in total. The van der Waals surface area contributed by atoms with Gasteiger partial charge in [-0.3, -0.25) is 0 Å². The minimum Gasteiger partial charge on any atom is -0.460 e. The number of hydrogen-bond acceptors (Lipinski definition) is 6. The molecule has 0 saturated carbocycles. The first-order valence-corrected chi connectivity index (χ1v) is 10.1. The summed E-state index contributed by atoms with van der Waals surface area (Å²) in [4.78, 5) is 22.7. The second-order valence-corrected chi connectivity index (χ2v) is 7.79. The van der Waals surface area contributed by atoms with Crippen molar-refractivity contribution in [3.8, 4) is 0 Å². The Bertz CT molecular complexity index is 1080. The number of esters is 1. The maximum Gasteiger partial charge on any atom is 0.416 e. The summed E-state index contributed by atoms with van der Waals surface area (Å²) >= 11 is 1.50. The van der Waals surface area contributed by atoms with Gasteiger partial charge in [0.1, 0.15) is 10.6 Å². The molecule has 0 saturated heterocycles. The van der Waals surface area contributed by atoms with E-state index in [0.717, 1.165) is 48.8 Å². The van der Waals surface area contributed by atoms with Crippen LogP contribution in [0.2, 0.25) is 0 Å². The van der Waals surface area contributed by atoms with E-state index in [0.29, 0.717) is 10.6 Å². The Hall–Kier alpha value is -2.68. The van der Waals surface area contributed by atoms with Crippen molar-refractivity contribution in [2.45, 2.75) is 38.8 Å². The summed E-state index contributed by atoms with van der Waals surface area (Å²) in [6.45, 7) is 1.86. The number of nitrogens with one attached hydrogen (secondary N) is 1. The largest absolute Gasteiger partial charge is 0.460 e. The van der Waals surface area contributed by atoms with E-state index in [-0.39, 0.29) is 18.1 Å². The van der Waals surface area contributed by atoms with E-state index in [1.54, 1.807) is 6.92 Å². The van der Waals surface area contributed by atoms with E-state index in [9.17, 15) is 18.0 Å². The number of aryl methyl sites for hydroxylation is 2. The third kappa shape index (κ3) is 3.91. The van der Waals surface area contributed by atoms with Crippen LogP contribution in [0.15, 0.2) is 24.3 Å². The van der Waals surface area contributed by atoms with E-state index in [4.69, 9.17) is 4.74 Å². The number of anilines is 2. The Labute approximate surface area is 168 Å². The van der Waals surface area contributed by atoms with Crippen molar-refractivity contribution in [3.63, 3.8) is 0 Å². The van der Waals surface area contributed by atoms with Gasteiger partial charge in [0.05, 0.1) is 17.6 Å². The number of fused-ring (bicyclic) bond motifs is 3. The van der Waals surface area contributed by atoms with Gasteiger partial charge in [0, 0.05) is 10.6 Å². The fourth-order valence-electron chi connectivity index (χ4n) is 3.44. The Morgan fingerprint density at radius 1 is 1.24 bits per heavy atom. The summed E-state index contributed by atoms with van der Waals surface area (Å²) in [5.74, 6) is -0.433. The summed E-state index contributed by atoms with van der Waals surface area (Å²) in [6.07, 6.45) is -0.561. The average Bonchev–Trinajstić information content (AvgIpc) is 3.06. The lowest BCUT2D eigenvalue weighted by molar-refractivity contribution is -0.137. The van der Waals surface area contributed by atoms with Crippen molar-refractivity contribution in [3.05, 3.63) is 46.1 Å². The first kappa shape index (κ1) is 19.6. The average molecular weight is 421 g/mol. The third-order valence-corrected chi connectivity index (χ3v) is 5.91. The molecule has 29 heavy (non-hydrogen) atoms. The number of thiophene rings is 1. The lowest BCUT2D eigenvalue weighted by atomic mass is 9.97. The van der Waals surface area contributed by atoms with Crippen LogP contribution in [-0.4, -0.2) is 22.5 Å². The van der Waals surface area contributed by atoms with Crippen molar-refractivity contribution < 1.29 is 22.7 Å². The summed E-state index contributed by atoms with van der Waals surface area (Å²) in [5.41, 5.74) is 0.595. The topological polar surface area (TPSA) is 64.1 Å². The molecule has 9 heteroatoms. The first-order valence-electron chi connectivity index (χ1n) is 9.30. The molecular formula is C20H18F3N3O2S. The van der Waals surface area contributed by atoms with E-state index >= 15 is 0 Å². The SMILES string of the molecule is CCOC(=O)c1nc(Nc2cccc(C(F)(F)F)c2)c2c3c(sc2n1)CCCC3. The summed E-state index contributed by atoms with van der Waals surface area (Å²) in [7, 11) is 0. The molecule has 0 amide bonds. The quantitative estimate of drug-likeness (QED) is 0.563. The van der Waals surface area contributed by atoms with Crippen LogP contribution in [-0.2, 0) is 23.8 Å². The van der Waals surface area contributed by atoms with Gasteiger partial charge in [-0.2, -0.15) is 13.2 Å². The van der Waals surface area contributed by atoms with Gasteiger partial charge in [-0.1, -0.05) is 6.07 Å². The number of nitrogens with zero attached hydrogens (tertiary/aromatic N) is 2. The number of hydrogen-bond donors (Lipinski definition) is 1. The highest BCUT2D eigenvalue weighted by Gasteiger charge is 2.30. The van der Waals surface area contributed by atoms with Crippen LogP contribution in [0.25, 0.3) is 10.2 Å². The van der Waals surface area contributed by atoms with Crippen LogP contribution in [0.5, 0.6) is 0 Å². The molecule has 1 aromatic carbocycles. The maximum atomic E-state index is 13.1. The molecule has 2 aromatic heterocycles. The fraction of sp³-hybridized carbons (Fsp3) is 0.350. The van der Waals surface area contributed by atoms with Crippen LogP contribution in [0.1, 0.15) is 46.4 Å². The fourth-order valence-corrected chi connectivity index (χ4v) is 4.71. The molecule has 2 heterocycles. The zero-order chi connectivity index (χ0) is 20.6. The molecule has 4 rings (SSSR count). The Balaban J connectivity index is 1.83. The van der Waals surface area contributed by atoms with Crippen molar-refractivity contribution in [1.82, 2.24) is 9.97 Å². The van der Waals surface area contributed by atoms with Crippen molar-refractivity contribution in [1.29, 1.82) is 0 Å². The molecule has 0 bridgehead atoms. The minimum atomic E-state index is -4.45. The number of carbonyl (C=O) groups excluding carboxylic acids is 1. The first-order chi connectivity index (χ1) is 13.9. The number of benzene rings is 1. The van der Waals surface area contributed by atoms with Gasteiger partial charge in [0.25, 0.3) is 0 Å². The van der Waals surface area contributed by atoms with Crippen molar-refractivity contribution in [2.24, 2.45) is 0 Å². The van der Waals surface area contributed by atoms with Gasteiger partial charge < -0.3 is 10.1 Å². The van der Waals surface area contributed by atoms with Gasteiger partial charge in [-0.05, 0) is 56.4 Å². The Kier molecular flexibility index (Phi) is 5.16. The highest BCUT2D eigenvalue weighted by molar-refractivity contribution is 7.19. The second-order valence-electron chi connectivity index (χ2n) is 6.71. The van der Waals surface area contributed by atoms with Crippen LogP contribution < -0.4 is 5.32 Å². The molecule has 0 radical (unpaired) electrons. The standard InChI is InChI=1S/C20H18F3N3O2S/c1-2-28-19(27)17-25-16(24-12-7-5-6-11(10-12)20(21,22)23)15-13-8-3-4-9-14(13)29-18(15)26-17/h5-7,10H,2-4,8-9H2,1H3,(H,24,25,26). The van der Waals surface area contributed by atoms with Gasteiger partial charge >= 0.3 is 12.1 Å². The summed E-state index contributed by atoms with van der Waals surface area (Å²) in [6, 6.07) is 4.90. The second kappa shape index (κ2) is 7.62. The molecular weight excluding hydrogens is 403 g/mol. The van der Waals surface area contributed by atoms with Gasteiger partial charge in [-0.15, -0.1) is 11.3 Å². The van der Waals surface area contributed by atoms with Gasteiger partial charge in [-0.25, -0.2) is 14.8 Å². The monoisotopic (exact) mass is 421 g/mol. The molecule has 0 fully saturated rings. The molecule has 0 unspecified atom stereocenters. The molecule has 1 aliphatic carbocycles. The van der Waals surface area contributed by atoms with E-state index < -0.39 is 17.7 Å². The van der Waals surface area contributed by atoms with Crippen molar-refractivity contribution >= 4 is 39.0 Å². The number of aromatic nitrogens is 2. The number of carbonyl (C=O) groups is 1. The van der Waals surface area contributed by atoms with Crippen LogP contribution >= 0.6 is 11.3 Å². The number of halogens is 3. The minimum absolute atomic E-state index is 0.104. The number of alkyl halides is 3. The van der Waals surface area contributed by atoms with Gasteiger partial charge in [0.15, 0.2) is 0 Å². The maximum absolute atomic E-state index is 13.1. The molecule has 1 aliphatic rings. The van der Waals surface area contributed by atoms with E-state index in [1.165, 1.54) is 28.3 Å². The molecule has 0 spiro atoms. The van der Waals surface area contributed by atoms with Crippen LogP contribution in [0.4, 0.5) is 24.7 Å².